The standard InChI is InChI=1S/C11H13F3N2/c1-7(2)10(15)16-9-5-3-8(4-6-9)11(12,13)14/h3-7H,1-2H3,(H2,15,16). The molecule has 2 N–H and O–H groups in total. The van der Waals surface area contributed by atoms with E-state index in [-0.39, 0.29) is 5.92 Å². The van der Waals surface area contributed by atoms with Gasteiger partial charge in [-0.05, 0) is 24.3 Å². The molecule has 5 heteroatoms. The van der Waals surface area contributed by atoms with Crippen LogP contribution in [0.2, 0.25) is 0 Å². The van der Waals surface area contributed by atoms with Crippen LogP contribution < -0.4 is 5.73 Å². The molecule has 16 heavy (non-hydrogen) atoms. The van der Waals surface area contributed by atoms with E-state index < -0.39 is 11.7 Å². The fourth-order valence-corrected chi connectivity index (χ4v) is 1.00. The number of rotatable bonds is 2. The minimum atomic E-state index is -4.31. The van der Waals surface area contributed by atoms with Crippen LogP contribution in [-0.2, 0) is 6.18 Å². The Morgan fingerprint density at radius 2 is 1.69 bits per heavy atom. The van der Waals surface area contributed by atoms with E-state index in [2.05, 4.69) is 4.99 Å². The van der Waals surface area contributed by atoms with E-state index in [1.165, 1.54) is 12.1 Å². The molecule has 0 aliphatic heterocycles. The largest absolute Gasteiger partial charge is 0.416 e. The van der Waals surface area contributed by atoms with Crippen LogP contribution in [0.25, 0.3) is 0 Å². The summed E-state index contributed by atoms with van der Waals surface area (Å²) in [5, 5.41) is 0. The van der Waals surface area contributed by atoms with Crippen LogP contribution in [0.3, 0.4) is 0 Å². The highest BCUT2D eigenvalue weighted by atomic mass is 19.4. The van der Waals surface area contributed by atoms with Gasteiger partial charge in [0.25, 0.3) is 0 Å². The molecule has 0 amide bonds. The van der Waals surface area contributed by atoms with Crippen LogP contribution in [0.15, 0.2) is 29.3 Å². The normalized spacial score (nSPS) is 13.2. The molecular formula is C11H13F3N2. The fraction of sp³-hybridized carbons (Fsp3) is 0.364. The van der Waals surface area contributed by atoms with Gasteiger partial charge in [-0.2, -0.15) is 13.2 Å². The second-order valence-corrected chi connectivity index (χ2v) is 3.74. The van der Waals surface area contributed by atoms with Crippen molar-refractivity contribution < 1.29 is 13.2 Å². The highest BCUT2D eigenvalue weighted by molar-refractivity contribution is 5.84. The van der Waals surface area contributed by atoms with Gasteiger partial charge >= 0.3 is 6.18 Å². The van der Waals surface area contributed by atoms with Gasteiger partial charge in [-0.25, -0.2) is 4.99 Å². The minimum Gasteiger partial charge on any atom is -0.387 e. The molecule has 0 unspecified atom stereocenters. The Hall–Kier alpha value is -1.52. The highest BCUT2D eigenvalue weighted by Gasteiger charge is 2.29. The third kappa shape index (κ3) is 3.25. The molecule has 0 saturated heterocycles. The SMILES string of the molecule is CC(C)C(N)=Nc1ccc(C(F)(F)F)cc1. The summed E-state index contributed by atoms with van der Waals surface area (Å²) in [6, 6.07) is 4.59. The van der Waals surface area contributed by atoms with E-state index >= 15 is 0 Å². The minimum absolute atomic E-state index is 0.0716. The Balaban J connectivity index is 2.92. The predicted octanol–water partition coefficient (Wildman–Crippen LogP) is 3.35. The first kappa shape index (κ1) is 12.5. The van der Waals surface area contributed by atoms with Crippen molar-refractivity contribution in [1.82, 2.24) is 0 Å². The molecular weight excluding hydrogens is 217 g/mol. The predicted molar refractivity (Wildman–Crippen MR) is 57.6 cm³/mol. The van der Waals surface area contributed by atoms with Gasteiger partial charge in [0, 0.05) is 5.92 Å². The number of aliphatic imine (C=N–C) groups is 1. The first-order valence-corrected chi connectivity index (χ1v) is 4.82. The van der Waals surface area contributed by atoms with Crippen molar-refractivity contribution in [2.75, 3.05) is 0 Å². The zero-order valence-corrected chi connectivity index (χ0v) is 9.05. The average Bonchev–Trinajstić information content (AvgIpc) is 2.17. The topological polar surface area (TPSA) is 38.4 Å². The molecule has 0 heterocycles. The molecule has 0 aliphatic carbocycles. The van der Waals surface area contributed by atoms with E-state index in [0.29, 0.717) is 11.5 Å². The molecule has 0 atom stereocenters. The molecule has 0 saturated carbocycles. The quantitative estimate of drug-likeness (QED) is 0.614. The van der Waals surface area contributed by atoms with Crippen molar-refractivity contribution in [3.8, 4) is 0 Å². The number of nitrogens with two attached hydrogens (primary N) is 1. The van der Waals surface area contributed by atoms with Crippen LogP contribution >= 0.6 is 0 Å². The molecule has 1 rings (SSSR count). The van der Waals surface area contributed by atoms with E-state index in [9.17, 15) is 13.2 Å². The second-order valence-electron chi connectivity index (χ2n) is 3.74. The summed E-state index contributed by atoms with van der Waals surface area (Å²) in [7, 11) is 0. The number of hydrogen-bond donors (Lipinski definition) is 1. The van der Waals surface area contributed by atoms with Gasteiger partial charge in [0.05, 0.1) is 11.3 Å². The van der Waals surface area contributed by atoms with Crippen molar-refractivity contribution in [3.63, 3.8) is 0 Å². The summed E-state index contributed by atoms with van der Waals surface area (Å²) in [4.78, 5) is 4.01. The smallest absolute Gasteiger partial charge is 0.387 e. The Labute approximate surface area is 92.0 Å². The number of benzene rings is 1. The Morgan fingerprint density at radius 3 is 2.06 bits per heavy atom. The third-order valence-corrected chi connectivity index (χ3v) is 2.04. The van der Waals surface area contributed by atoms with E-state index in [4.69, 9.17) is 5.73 Å². The summed E-state index contributed by atoms with van der Waals surface area (Å²) >= 11 is 0. The van der Waals surface area contributed by atoms with Gasteiger partial charge in [-0.3, -0.25) is 0 Å². The third-order valence-electron chi connectivity index (χ3n) is 2.04. The van der Waals surface area contributed by atoms with Gasteiger partial charge in [-0.1, -0.05) is 13.8 Å². The van der Waals surface area contributed by atoms with E-state index in [1.54, 1.807) is 0 Å². The molecule has 0 radical (unpaired) electrons. The highest BCUT2D eigenvalue weighted by Crippen LogP contribution is 2.30. The molecule has 0 aliphatic rings. The van der Waals surface area contributed by atoms with Gasteiger partial charge in [0.1, 0.15) is 5.84 Å². The molecule has 1 aromatic carbocycles. The zero-order chi connectivity index (χ0) is 12.3. The van der Waals surface area contributed by atoms with Crippen molar-refractivity contribution in [1.29, 1.82) is 0 Å². The molecule has 0 fully saturated rings. The maximum atomic E-state index is 12.2. The van der Waals surface area contributed by atoms with Gasteiger partial charge in [0.15, 0.2) is 0 Å². The average molecular weight is 230 g/mol. The number of amidine groups is 1. The van der Waals surface area contributed by atoms with Crippen molar-refractivity contribution in [2.45, 2.75) is 20.0 Å². The van der Waals surface area contributed by atoms with Crippen molar-refractivity contribution in [2.24, 2.45) is 16.6 Å². The number of hydrogen-bond acceptors (Lipinski definition) is 1. The lowest BCUT2D eigenvalue weighted by molar-refractivity contribution is -0.137. The molecule has 0 aromatic heterocycles. The maximum absolute atomic E-state index is 12.2. The molecule has 1 aromatic rings. The number of nitrogens with zero attached hydrogens (tertiary/aromatic N) is 1. The molecule has 88 valence electrons. The summed E-state index contributed by atoms with van der Waals surface area (Å²) in [5.74, 6) is 0.474. The first-order valence-electron chi connectivity index (χ1n) is 4.82. The Kier molecular flexibility index (Phi) is 3.57. The lowest BCUT2D eigenvalue weighted by atomic mass is 10.2. The van der Waals surface area contributed by atoms with Crippen LogP contribution in [0.4, 0.5) is 18.9 Å². The number of halogens is 3. The van der Waals surface area contributed by atoms with Gasteiger partial charge in [-0.15, -0.1) is 0 Å². The van der Waals surface area contributed by atoms with Gasteiger partial charge in [0.2, 0.25) is 0 Å². The van der Waals surface area contributed by atoms with E-state index in [1.807, 2.05) is 13.8 Å². The maximum Gasteiger partial charge on any atom is 0.416 e. The fourth-order valence-electron chi connectivity index (χ4n) is 1.00. The van der Waals surface area contributed by atoms with Crippen molar-refractivity contribution in [3.05, 3.63) is 29.8 Å². The summed E-state index contributed by atoms with van der Waals surface area (Å²) in [5.41, 5.74) is 5.34. The molecule has 2 nitrogen and oxygen atoms in total. The van der Waals surface area contributed by atoms with Crippen LogP contribution in [0, 0.1) is 5.92 Å². The summed E-state index contributed by atoms with van der Waals surface area (Å²) in [6.45, 7) is 3.73. The lowest BCUT2D eigenvalue weighted by Crippen LogP contribution is -2.18. The number of alkyl halides is 3. The van der Waals surface area contributed by atoms with Crippen molar-refractivity contribution >= 4 is 11.5 Å². The molecule has 0 spiro atoms. The van der Waals surface area contributed by atoms with Crippen LogP contribution in [0.5, 0.6) is 0 Å². The zero-order valence-electron chi connectivity index (χ0n) is 9.05. The van der Waals surface area contributed by atoms with Gasteiger partial charge < -0.3 is 5.73 Å². The lowest BCUT2D eigenvalue weighted by Gasteiger charge is -2.07. The van der Waals surface area contributed by atoms with Crippen LogP contribution in [0.1, 0.15) is 19.4 Å². The Bertz CT molecular complexity index is 377. The second kappa shape index (κ2) is 4.55. The molecule has 0 bridgehead atoms. The van der Waals surface area contributed by atoms with E-state index in [0.717, 1.165) is 12.1 Å². The monoisotopic (exact) mass is 230 g/mol. The summed E-state index contributed by atoms with van der Waals surface area (Å²) < 4.78 is 36.7. The Morgan fingerprint density at radius 1 is 1.19 bits per heavy atom. The summed E-state index contributed by atoms with van der Waals surface area (Å²) in [6.07, 6.45) is -4.31. The van der Waals surface area contributed by atoms with Crippen LogP contribution in [-0.4, -0.2) is 5.84 Å². The first-order chi connectivity index (χ1) is 7.30.